The lowest BCUT2D eigenvalue weighted by molar-refractivity contribution is 0.661. The molecular formula is C18H22Cl2N4. The van der Waals surface area contributed by atoms with Crippen molar-refractivity contribution in [2.24, 2.45) is 11.5 Å². The lowest BCUT2D eigenvalue weighted by atomic mass is 10.1. The molecule has 0 aromatic heterocycles. The molecule has 5 N–H and O–H groups in total. The van der Waals surface area contributed by atoms with Crippen LogP contribution in [-0.4, -0.2) is 13.1 Å². The van der Waals surface area contributed by atoms with E-state index in [9.17, 15) is 0 Å². The van der Waals surface area contributed by atoms with Crippen molar-refractivity contribution in [3.8, 4) is 6.07 Å². The van der Waals surface area contributed by atoms with Crippen LogP contribution in [0.3, 0.4) is 0 Å². The number of nitriles is 1. The van der Waals surface area contributed by atoms with Crippen molar-refractivity contribution in [1.82, 2.24) is 0 Å². The van der Waals surface area contributed by atoms with Gasteiger partial charge >= 0.3 is 0 Å². The summed E-state index contributed by atoms with van der Waals surface area (Å²) in [4.78, 5) is 0. The highest BCUT2D eigenvalue weighted by atomic mass is 35.5. The number of nitrogens with one attached hydrogen (secondary N) is 1. The average Bonchev–Trinajstić information content (AvgIpc) is 2.56. The number of hydrogen-bond acceptors (Lipinski definition) is 4. The van der Waals surface area contributed by atoms with Crippen molar-refractivity contribution in [3.05, 3.63) is 64.1 Å². The molecule has 6 heteroatoms. The van der Waals surface area contributed by atoms with Crippen molar-refractivity contribution >= 4 is 28.9 Å². The standard InChI is InChI=1S/C9H9ClN2.C9H13ClN2/c10-8-3-1-4-9(7-8)12-6-2-5-11;10-8-3-1-2-7(6-8)9(12)4-5-11/h1,3-4,7,12H,2,6H2;1-3,6,9H,4-5,11-12H2. The van der Waals surface area contributed by atoms with Crippen LogP contribution in [-0.2, 0) is 0 Å². The van der Waals surface area contributed by atoms with Gasteiger partial charge in [-0.3, -0.25) is 0 Å². The number of benzene rings is 2. The van der Waals surface area contributed by atoms with Crippen LogP contribution >= 0.6 is 23.2 Å². The zero-order valence-electron chi connectivity index (χ0n) is 13.4. The molecule has 4 nitrogen and oxygen atoms in total. The van der Waals surface area contributed by atoms with Gasteiger partial charge in [-0.15, -0.1) is 0 Å². The van der Waals surface area contributed by atoms with Gasteiger partial charge in [0.05, 0.1) is 12.5 Å². The number of rotatable bonds is 6. The molecule has 1 unspecified atom stereocenters. The van der Waals surface area contributed by atoms with Gasteiger partial charge in [0.1, 0.15) is 0 Å². The Kier molecular flexibility index (Phi) is 9.90. The van der Waals surface area contributed by atoms with Gasteiger partial charge in [0.15, 0.2) is 0 Å². The van der Waals surface area contributed by atoms with E-state index < -0.39 is 0 Å². The largest absolute Gasteiger partial charge is 0.384 e. The Bertz CT molecular complexity index is 655. The van der Waals surface area contributed by atoms with Gasteiger partial charge in [0.2, 0.25) is 0 Å². The lowest BCUT2D eigenvalue weighted by Gasteiger charge is -2.10. The van der Waals surface area contributed by atoms with Gasteiger partial charge in [-0.2, -0.15) is 5.26 Å². The highest BCUT2D eigenvalue weighted by Crippen LogP contribution is 2.17. The van der Waals surface area contributed by atoms with Gasteiger partial charge in [-0.1, -0.05) is 41.4 Å². The molecule has 128 valence electrons. The molecular weight excluding hydrogens is 343 g/mol. The molecule has 1 atom stereocenters. The fourth-order valence-corrected chi connectivity index (χ4v) is 2.33. The molecule has 0 saturated carbocycles. The average molecular weight is 365 g/mol. The van der Waals surface area contributed by atoms with E-state index in [0.717, 1.165) is 22.7 Å². The number of nitrogens with two attached hydrogens (primary N) is 2. The molecule has 0 heterocycles. The molecule has 0 aliphatic carbocycles. The second-order valence-electron chi connectivity index (χ2n) is 5.08. The summed E-state index contributed by atoms with van der Waals surface area (Å²) in [5.41, 5.74) is 13.2. The molecule has 0 saturated heterocycles. The fraction of sp³-hybridized carbons (Fsp3) is 0.278. The molecule has 24 heavy (non-hydrogen) atoms. The van der Waals surface area contributed by atoms with E-state index in [1.807, 2.05) is 48.5 Å². The quantitative estimate of drug-likeness (QED) is 0.664. The summed E-state index contributed by atoms with van der Waals surface area (Å²) in [7, 11) is 0. The number of nitrogens with zero attached hydrogens (tertiary/aromatic N) is 1. The van der Waals surface area contributed by atoms with Gasteiger partial charge in [0, 0.05) is 28.3 Å². The summed E-state index contributed by atoms with van der Waals surface area (Å²) in [6.45, 7) is 1.27. The van der Waals surface area contributed by atoms with Crippen molar-refractivity contribution < 1.29 is 0 Å². The number of hydrogen-bond donors (Lipinski definition) is 3. The minimum Gasteiger partial charge on any atom is -0.384 e. The van der Waals surface area contributed by atoms with Crippen LogP contribution in [0.25, 0.3) is 0 Å². The molecule has 0 aliphatic rings. The van der Waals surface area contributed by atoms with Gasteiger partial charge in [-0.25, -0.2) is 0 Å². The molecule has 2 aromatic carbocycles. The summed E-state index contributed by atoms with van der Waals surface area (Å²) in [5.74, 6) is 0. The van der Waals surface area contributed by atoms with Crippen LogP contribution in [0.2, 0.25) is 10.0 Å². The summed E-state index contributed by atoms with van der Waals surface area (Å²) >= 11 is 11.6. The van der Waals surface area contributed by atoms with Crippen molar-refractivity contribution in [2.75, 3.05) is 18.4 Å². The maximum absolute atomic E-state index is 8.28. The predicted octanol–water partition coefficient (Wildman–Crippen LogP) is 4.35. The molecule has 0 fully saturated rings. The maximum atomic E-state index is 8.28. The summed E-state index contributed by atoms with van der Waals surface area (Å²) in [6.07, 6.45) is 1.30. The Hall–Kier alpha value is -1.77. The zero-order valence-corrected chi connectivity index (χ0v) is 14.9. The highest BCUT2D eigenvalue weighted by Gasteiger charge is 2.03. The van der Waals surface area contributed by atoms with E-state index in [1.54, 1.807) is 0 Å². The van der Waals surface area contributed by atoms with Crippen LogP contribution < -0.4 is 16.8 Å². The fourth-order valence-electron chi connectivity index (χ4n) is 1.94. The van der Waals surface area contributed by atoms with Crippen LogP contribution in [0.4, 0.5) is 5.69 Å². The highest BCUT2D eigenvalue weighted by molar-refractivity contribution is 6.31. The van der Waals surface area contributed by atoms with Crippen LogP contribution in [0.15, 0.2) is 48.5 Å². The molecule has 2 rings (SSSR count). The third-order valence-electron chi connectivity index (χ3n) is 3.15. The van der Waals surface area contributed by atoms with Crippen LogP contribution in [0, 0.1) is 11.3 Å². The van der Waals surface area contributed by atoms with E-state index in [4.69, 9.17) is 39.9 Å². The first-order valence-electron chi connectivity index (χ1n) is 7.64. The third kappa shape index (κ3) is 8.19. The SMILES string of the molecule is N#CCCNc1cccc(Cl)c1.NCCC(N)c1cccc(Cl)c1. The molecule has 2 aromatic rings. The van der Waals surface area contributed by atoms with Gasteiger partial charge in [-0.05, 0) is 48.9 Å². The summed E-state index contributed by atoms with van der Waals surface area (Å²) in [5, 5.41) is 12.8. The summed E-state index contributed by atoms with van der Waals surface area (Å²) in [6, 6.07) is 17.1. The molecule has 0 radical (unpaired) electrons. The second kappa shape index (κ2) is 11.7. The Labute approximate surface area is 153 Å². The molecule has 0 bridgehead atoms. The van der Waals surface area contributed by atoms with E-state index in [0.29, 0.717) is 24.5 Å². The minimum absolute atomic E-state index is 0.00806. The Balaban J connectivity index is 0.000000240. The number of halogens is 2. The van der Waals surface area contributed by atoms with Crippen LogP contribution in [0.5, 0.6) is 0 Å². The first kappa shape index (κ1) is 20.3. The Morgan fingerprint density at radius 3 is 2.33 bits per heavy atom. The van der Waals surface area contributed by atoms with Crippen molar-refractivity contribution in [1.29, 1.82) is 5.26 Å². The van der Waals surface area contributed by atoms with E-state index in [1.165, 1.54) is 0 Å². The smallest absolute Gasteiger partial charge is 0.0640 e. The van der Waals surface area contributed by atoms with E-state index in [-0.39, 0.29) is 6.04 Å². The third-order valence-corrected chi connectivity index (χ3v) is 3.62. The number of anilines is 1. The van der Waals surface area contributed by atoms with Gasteiger partial charge < -0.3 is 16.8 Å². The monoisotopic (exact) mass is 364 g/mol. The van der Waals surface area contributed by atoms with E-state index >= 15 is 0 Å². The normalized spacial score (nSPS) is 11.0. The first-order valence-corrected chi connectivity index (χ1v) is 8.40. The topological polar surface area (TPSA) is 87.9 Å². The molecule has 0 aliphatic heterocycles. The van der Waals surface area contributed by atoms with Crippen molar-refractivity contribution in [3.63, 3.8) is 0 Å². The Morgan fingerprint density at radius 2 is 1.75 bits per heavy atom. The molecule has 0 spiro atoms. The first-order chi connectivity index (χ1) is 11.6. The van der Waals surface area contributed by atoms with Gasteiger partial charge in [0.25, 0.3) is 0 Å². The second-order valence-corrected chi connectivity index (χ2v) is 5.96. The van der Waals surface area contributed by atoms with E-state index in [2.05, 4.69) is 11.4 Å². The molecule has 0 amide bonds. The predicted molar refractivity (Wildman–Crippen MR) is 102 cm³/mol. The van der Waals surface area contributed by atoms with Crippen molar-refractivity contribution in [2.45, 2.75) is 18.9 Å². The lowest BCUT2D eigenvalue weighted by Crippen LogP contribution is -2.15. The Morgan fingerprint density at radius 1 is 1.08 bits per heavy atom. The maximum Gasteiger partial charge on any atom is 0.0640 e. The summed E-state index contributed by atoms with van der Waals surface area (Å²) < 4.78 is 0. The minimum atomic E-state index is 0.00806. The van der Waals surface area contributed by atoms with Crippen LogP contribution in [0.1, 0.15) is 24.4 Å². The zero-order chi connectivity index (χ0) is 17.8.